The molecule has 0 radical (unpaired) electrons. The number of nitrogens with zero attached hydrogens (tertiary/aromatic N) is 9. The fourth-order valence-electron chi connectivity index (χ4n) is 4.76. The summed E-state index contributed by atoms with van der Waals surface area (Å²) in [5.74, 6) is -0.437. The third-order valence-corrected chi connectivity index (χ3v) is 7.11. The number of aromatic nitrogens is 9. The Hall–Kier alpha value is -4.58. The normalized spacial score (nSPS) is 13.5. The Kier molecular flexibility index (Phi) is 5.62. The Morgan fingerprint density at radius 1 is 1.13 bits per heavy atom. The summed E-state index contributed by atoms with van der Waals surface area (Å²) in [6.45, 7) is 0.981. The topological polar surface area (TPSA) is 112 Å². The highest BCUT2D eigenvalue weighted by atomic mass is 35.5. The number of pyridine rings is 2. The van der Waals surface area contributed by atoms with Crippen molar-refractivity contribution in [3.63, 3.8) is 0 Å². The van der Waals surface area contributed by atoms with Gasteiger partial charge in [-0.3, -0.25) is 9.48 Å². The second-order valence-corrected chi connectivity index (χ2v) is 10.1. The highest BCUT2D eigenvalue weighted by Crippen LogP contribution is 2.40. The van der Waals surface area contributed by atoms with Gasteiger partial charge < -0.3 is 14.1 Å². The van der Waals surface area contributed by atoms with E-state index in [1.165, 1.54) is 35.2 Å². The lowest BCUT2D eigenvalue weighted by atomic mass is 10.1. The van der Waals surface area contributed by atoms with Crippen LogP contribution in [0.25, 0.3) is 11.2 Å². The van der Waals surface area contributed by atoms with E-state index in [2.05, 4.69) is 42.4 Å². The predicted octanol–water partition coefficient (Wildman–Crippen LogP) is 3.47. The summed E-state index contributed by atoms with van der Waals surface area (Å²) in [6.07, 6.45) is 14.9. The highest BCUT2D eigenvalue weighted by molar-refractivity contribution is 6.31. The van der Waals surface area contributed by atoms with Crippen LogP contribution in [0.15, 0.2) is 61.7 Å². The smallest absolute Gasteiger partial charge is 0.273 e. The number of halogens is 2. The number of imidazole rings is 2. The zero-order chi connectivity index (χ0) is 26.5. The number of carbonyl (C=O) groups is 1. The van der Waals surface area contributed by atoms with Crippen molar-refractivity contribution >= 4 is 28.7 Å². The van der Waals surface area contributed by atoms with Crippen LogP contribution in [0.1, 0.15) is 51.8 Å². The van der Waals surface area contributed by atoms with Gasteiger partial charge in [0.2, 0.25) is 0 Å². The molecule has 1 saturated carbocycles. The maximum absolute atomic E-state index is 14.5. The van der Waals surface area contributed by atoms with Crippen LogP contribution in [0.5, 0.6) is 0 Å². The molecule has 6 aromatic rings. The molecular formula is C26H22ClFN10O. The van der Waals surface area contributed by atoms with Crippen molar-refractivity contribution in [2.24, 2.45) is 0 Å². The fraction of sp³-hybridized carbons (Fsp3) is 0.231. The molecule has 1 amide bonds. The lowest BCUT2D eigenvalue weighted by molar-refractivity contribution is 0.0945. The van der Waals surface area contributed by atoms with E-state index >= 15 is 0 Å². The van der Waals surface area contributed by atoms with E-state index in [0.29, 0.717) is 24.7 Å². The van der Waals surface area contributed by atoms with Crippen LogP contribution in [-0.4, -0.2) is 49.5 Å². The molecule has 6 aromatic heterocycles. The SMILES string of the molecule is O=C(NCc1ncn2ccc(Cl)c(F)c12)c1cn(Cc2cn3cc(C4CC4)cc(Cn4cccn4)c3n2)nn1. The van der Waals surface area contributed by atoms with Crippen LogP contribution in [-0.2, 0) is 19.6 Å². The second kappa shape index (κ2) is 9.31. The van der Waals surface area contributed by atoms with Gasteiger partial charge in [-0.25, -0.2) is 19.0 Å². The van der Waals surface area contributed by atoms with Gasteiger partial charge in [-0.2, -0.15) is 5.10 Å². The van der Waals surface area contributed by atoms with Crippen molar-refractivity contribution in [3.05, 3.63) is 101 Å². The van der Waals surface area contributed by atoms with Gasteiger partial charge in [-0.1, -0.05) is 16.8 Å². The third-order valence-electron chi connectivity index (χ3n) is 6.82. The summed E-state index contributed by atoms with van der Waals surface area (Å²) in [7, 11) is 0. The van der Waals surface area contributed by atoms with Gasteiger partial charge in [-0.15, -0.1) is 5.10 Å². The maximum atomic E-state index is 14.5. The van der Waals surface area contributed by atoms with Crippen LogP contribution < -0.4 is 5.32 Å². The fourth-order valence-corrected chi connectivity index (χ4v) is 4.91. The van der Waals surface area contributed by atoms with E-state index in [4.69, 9.17) is 16.6 Å². The Bertz CT molecular complexity index is 1830. The van der Waals surface area contributed by atoms with Crippen LogP contribution in [0.2, 0.25) is 5.02 Å². The van der Waals surface area contributed by atoms with Crippen molar-refractivity contribution in [2.75, 3.05) is 0 Å². The van der Waals surface area contributed by atoms with E-state index in [9.17, 15) is 9.18 Å². The van der Waals surface area contributed by atoms with Gasteiger partial charge in [-0.05, 0) is 42.5 Å². The Morgan fingerprint density at radius 3 is 2.85 bits per heavy atom. The molecule has 0 bridgehead atoms. The molecule has 1 aliphatic rings. The standard InChI is InChI=1S/C26H22ClFN10O/c27-20-4-7-35-15-30-21(24(35)23(20)28)9-29-26(39)22-14-38(34-33-22)13-19-12-36-10-17(16-2-3-16)8-18(25(36)32-19)11-37-6-1-5-31-37/h1,4-8,10,12,14-16H,2-3,9,11,13H2,(H,29,39). The van der Waals surface area contributed by atoms with Crippen LogP contribution >= 0.6 is 11.6 Å². The molecule has 0 aliphatic heterocycles. The lowest BCUT2D eigenvalue weighted by Gasteiger charge is -2.08. The average Bonchev–Trinajstić information content (AvgIpc) is 3.30. The van der Waals surface area contributed by atoms with E-state index in [1.54, 1.807) is 23.3 Å². The molecule has 7 rings (SSSR count). The summed E-state index contributed by atoms with van der Waals surface area (Å²) < 4.78 is 21.5. The zero-order valence-corrected chi connectivity index (χ0v) is 21.3. The predicted molar refractivity (Wildman–Crippen MR) is 139 cm³/mol. The monoisotopic (exact) mass is 544 g/mol. The molecule has 1 aliphatic carbocycles. The molecular weight excluding hydrogens is 523 g/mol. The number of amides is 1. The molecule has 0 aromatic carbocycles. The average molecular weight is 545 g/mol. The quantitative estimate of drug-likeness (QED) is 0.314. The van der Waals surface area contributed by atoms with Gasteiger partial charge in [0.1, 0.15) is 11.2 Å². The first-order valence-corrected chi connectivity index (χ1v) is 12.9. The molecule has 0 spiro atoms. The molecule has 1 N–H and O–H groups in total. The first-order chi connectivity index (χ1) is 19.0. The summed E-state index contributed by atoms with van der Waals surface area (Å²) in [5, 5.41) is 15.2. The van der Waals surface area contributed by atoms with Crippen LogP contribution in [0, 0.1) is 5.82 Å². The summed E-state index contributed by atoms with van der Waals surface area (Å²) in [5.41, 5.74) is 4.77. The Balaban J connectivity index is 1.08. The first-order valence-electron chi connectivity index (χ1n) is 12.5. The summed E-state index contributed by atoms with van der Waals surface area (Å²) >= 11 is 5.90. The summed E-state index contributed by atoms with van der Waals surface area (Å²) in [6, 6.07) is 5.58. The molecule has 11 nitrogen and oxygen atoms in total. The van der Waals surface area contributed by atoms with Gasteiger partial charge in [0.25, 0.3) is 5.91 Å². The Morgan fingerprint density at radius 2 is 2.03 bits per heavy atom. The molecule has 6 heterocycles. The van der Waals surface area contributed by atoms with Gasteiger partial charge >= 0.3 is 0 Å². The minimum Gasteiger partial charge on any atom is -0.345 e. The van der Waals surface area contributed by atoms with E-state index in [-0.39, 0.29) is 22.8 Å². The minimum absolute atomic E-state index is 0.00818. The van der Waals surface area contributed by atoms with E-state index in [0.717, 1.165) is 16.9 Å². The number of carbonyl (C=O) groups excluding carboxylic acids is 1. The van der Waals surface area contributed by atoms with Gasteiger partial charge in [0.05, 0.1) is 48.6 Å². The third kappa shape index (κ3) is 4.52. The highest BCUT2D eigenvalue weighted by Gasteiger charge is 2.25. The zero-order valence-electron chi connectivity index (χ0n) is 20.6. The molecule has 0 atom stereocenters. The van der Waals surface area contributed by atoms with E-state index in [1.807, 2.05) is 23.1 Å². The minimum atomic E-state index is -0.587. The number of hydrogen-bond acceptors (Lipinski definition) is 6. The molecule has 13 heteroatoms. The number of fused-ring (bicyclic) bond motifs is 2. The van der Waals surface area contributed by atoms with Gasteiger partial charge in [0.15, 0.2) is 11.5 Å². The van der Waals surface area contributed by atoms with Gasteiger partial charge in [0, 0.05) is 36.5 Å². The van der Waals surface area contributed by atoms with Crippen molar-refractivity contribution < 1.29 is 9.18 Å². The van der Waals surface area contributed by atoms with Crippen molar-refractivity contribution in [2.45, 2.75) is 38.4 Å². The summed E-state index contributed by atoms with van der Waals surface area (Å²) in [4.78, 5) is 21.8. The molecule has 0 saturated heterocycles. The second-order valence-electron chi connectivity index (χ2n) is 9.65. The molecule has 1 fully saturated rings. The number of nitrogens with one attached hydrogen (secondary N) is 1. The van der Waals surface area contributed by atoms with Crippen molar-refractivity contribution in [3.8, 4) is 0 Å². The molecule has 196 valence electrons. The Labute approximate surface area is 225 Å². The van der Waals surface area contributed by atoms with Crippen LogP contribution in [0.4, 0.5) is 4.39 Å². The van der Waals surface area contributed by atoms with Crippen molar-refractivity contribution in [1.82, 2.24) is 48.9 Å². The maximum Gasteiger partial charge on any atom is 0.273 e. The number of rotatable bonds is 8. The number of hydrogen-bond donors (Lipinski definition) is 1. The molecule has 0 unspecified atom stereocenters. The van der Waals surface area contributed by atoms with E-state index < -0.39 is 11.7 Å². The lowest BCUT2D eigenvalue weighted by Crippen LogP contribution is -2.23. The van der Waals surface area contributed by atoms with Crippen LogP contribution in [0.3, 0.4) is 0 Å². The van der Waals surface area contributed by atoms with Crippen molar-refractivity contribution in [1.29, 1.82) is 0 Å². The first kappa shape index (κ1) is 23.5. The molecule has 39 heavy (non-hydrogen) atoms. The largest absolute Gasteiger partial charge is 0.345 e.